The normalized spacial score (nSPS) is 10.9. The molecular weight excluding hydrogens is 368 g/mol. The molecule has 2 aromatic carbocycles. The number of benzene rings is 2. The first-order valence-corrected chi connectivity index (χ1v) is 9.16. The second-order valence-electron chi connectivity index (χ2n) is 4.98. The van der Waals surface area contributed by atoms with Crippen molar-refractivity contribution in [3.05, 3.63) is 47.0 Å². The van der Waals surface area contributed by atoms with Gasteiger partial charge < -0.3 is 15.5 Å². The standard InChI is InChI=1S/C16H13ClN2O3S2/c17-10-2-3-11-14(6-10)24-16(19-11)23-8-15(22)18-7-9-1-4-12(20)13(21)5-9/h1-6,20-21H,7-8H2,(H,18,22). The summed E-state index contributed by atoms with van der Waals surface area (Å²) in [6, 6.07) is 9.95. The van der Waals surface area contributed by atoms with Crippen LogP contribution in [0.2, 0.25) is 5.02 Å². The first-order valence-electron chi connectivity index (χ1n) is 6.98. The minimum absolute atomic E-state index is 0.134. The fraction of sp³-hybridized carbons (Fsp3) is 0.125. The van der Waals surface area contributed by atoms with Crippen LogP contribution in [-0.4, -0.2) is 26.9 Å². The Morgan fingerprint density at radius 1 is 1.21 bits per heavy atom. The molecule has 3 aromatic rings. The number of thiazole rings is 1. The van der Waals surface area contributed by atoms with Gasteiger partial charge in [-0.3, -0.25) is 4.79 Å². The average molecular weight is 381 g/mol. The molecule has 1 amide bonds. The third kappa shape index (κ3) is 4.11. The van der Waals surface area contributed by atoms with E-state index in [9.17, 15) is 15.0 Å². The van der Waals surface area contributed by atoms with Gasteiger partial charge in [0.25, 0.3) is 0 Å². The summed E-state index contributed by atoms with van der Waals surface area (Å²) < 4.78 is 1.80. The Balaban J connectivity index is 1.53. The molecule has 1 aromatic heterocycles. The van der Waals surface area contributed by atoms with E-state index in [-0.39, 0.29) is 29.7 Å². The second-order valence-corrected chi connectivity index (χ2v) is 7.67. The molecule has 1 heterocycles. The fourth-order valence-corrected chi connectivity index (χ4v) is 4.17. The Labute approximate surface area is 151 Å². The number of carbonyl (C=O) groups excluding carboxylic acids is 1. The number of nitrogens with one attached hydrogen (secondary N) is 1. The van der Waals surface area contributed by atoms with Crippen molar-refractivity contribution in [3.8, 4) is 11.5 Å². The van der Waals surface area contributed by atoms with Gasteiger partial charge in [0.2, 0.25) is 5.91 Å². The van der Waals surface area contributed by atoms with Crippen molar-refractivity contribution in [2.45, 2.75) is 10.9 Å². The Morgan fingerprint density at radius 3 is 2.83 bits per heavy atom. The first kappa shape index (κ1) is 16.9. The number of aromatic hydroxyl groups is 2. The van der Waals surface area contributed by atoms with Crippen LogP contribution in [0.25, 0.3) is 10.2 Å². The van der Waals surface area contributed by atoms with Crippen molar-refractivity contribution in [2.75, 3.05) is 5.75 Å². The lowest BCUT2D eigenvalue weighted by atomic mass is 10.2. The van der Waals surface area contributed by atoms with Gasteiger partial charge in [-0.1, -0.05) is 29.4 Å². The number of halogens is 1. The fourth-order valence-electron chi connectivity index (χ4n) is 2.00. The summed E-state index contributed by atoms with van der Waals surface area (Å²) in [5.41, 5.74) is 1.57. The van der Waals surface area contributed by atoms with Gasteiger partial charge in [0.05, 0.1) is 16.0 Å². The number of rotatable bonds is 5. The number of phenols is 2. The zero-order chi connectivity index (χ0) is 17.1. The third-order valence-corrected chi connectivity index (χ3v) is 5.58. The lowest BCUT2D eigenvalue weighted by Crippen LogP contribution is -2.24. The molecule has 0 saturated carbocycles. The molecule has 0 unspecified atom stereocenters. The molecule has 0 radical (unpaired) electrons. The predicted molar refractivity (Wildman–Crippen MR) is 97.0 cm³/mol. The van der Waals surface area contributed by atoms with Crippen LogP contribution in [0.3, 0.4) is 0 Å². The number of amides is 1. The minimum Gasteiger partial charge on any atom is -0.504 e. The summed E-state index contributed by atoms with van der Waals surface area (Å²) in [6.07, 6.45) is 0. The van der Waals surface area contributed by atoms with Crippen molar-refractivity contribution in [2.24, 2.45) is 0 Å². The minimum atomic E-state index is -0.204. The SMILES string of the molecule is O=C(CSc1nc2ccc(Cl)cc2s1)NCc1ccc(O)c(O)c1. The number of thioether (sulfide) groups is 1. The molecule has 0 saturated heterocycles. The molecule has 0 atom stereocenters. The highest BCUT2D eigenvalue weighted by Gasteiger charge is 2.09. The van der Waals surface area contributed by atoms with Crippen LogP contribution in [0.15, 0.2) is 40.7 Å². The maximum Gasteiger partial charge on any atom is 0.230 e. The molecular formula is C16H13ClN2O3S2. The Hall–Kier alpha value is -1.96. The van der Waals surface area contributed by atoms with Crippen LogP contribution < -0.4 is 5.32 Å². The van der Waals surface area contributed by atoms with Gasteiger partial charge in [-0.15, -0.1) is 11.3 Å². The third-order valence-electron chi connectivity index (χ3n) is 3.19. The summed E-state index contributed by atoms with van der Waals surface area (Å²) >= 11 is 8.81. The highest BCUT2D eigenvalue weighted by molar-refractivity contribution is 8.01. The first-order chi connectivity index (χ1) is 11.5. The van der Waals surface area contributed by atoms with E-state index in [1.54, 1.807) is 12.1 Å². The van der Waals surface area contributed by atoms with E-state index in [2.05, 4.69) is 10.3 Å². The van der Waals surface area contributed by atoms with Gasteiger partial charge in [-0.2, -0.15) is 0 Å². The van der Waals surface area contributed by atoms with Gasteiger partial charge in [-0.25, -0.2) is 4.98 Å². The van der Waals surface area contributed by atoms with Gasteiger partial charge in [0.1, 0.15) is 0 Å². The lowest BCUT2D eigenvalue weighted by Gasteiger charge is -2.05. The van der Waals surface area contributed by atoms with E-state index in [0.29, 0.717) is 10.6 Å². The van der Waals surface area contributed by atoms with Crippen LogP contribution in [0, 0.1) is 0 Å². The summed E-state index contributed by atoms with van der Waals surface area (Å²) in [6.45, 7) is 0.280. The van der Waals surface area contributed by atoms with Crippen molar-refractivity contribution < 1.29 is 15.0 Å². The summed E-state index contributed by atoms with van der Waals surface area (Å²) in [5.74, 6) is -0.275. The summed E-state index contributed by atoms with van der Waals surface area (Å²) in [5, 5.41) is 22.1. The van der Waals surface area contributed by atoms with Crippen molar-refractivity contribution in [1.82, 2.24) is 10.3 Å². The largest absolute Gasteiger partial charge is 0.504 e. The maximum absolute atomic E-state index is 11.9. The van der Waals surface area contributed by atoms with Crippen molar-refractivity contribution in [3.63, 3.8) is 0 Å². The van der Waals surface area contributed by atoms with Gasteiger partial charge >= 0.3 is 0 Å². The number of hydrogen-bond donors (Lipinski definition) is 3. The number of aromatic nitrogens is 1. The van der Waals surface area contributed by atoms with E-state index >= 15 is 0 Å². The number of fused-ring (bicyclic) bond motifs is 1. The van der Waals surface area contributed by atoms with Gasteiger partial charge in [0, 0.05) is 11.6 Å². The summed E-state index contributed by atoms with van der Waals surface area (Å²) in [7, 11) is 0. The average Bonchev–Trinajstić information content (AvgIpc) is 2.96. The number of phenolic OH excluding ortho intramolecular Hbond substituents is 2. The monoisotopic (exact) mass is 380 g/mol. The van der Waals surface area contributed by atoms with Crippen LogP contribution in [-0.2, 0) is 11.3 Å². The van der Waals surface area contributed by atoms with E-state index in [0.717, 1.165) is 14.6 Å². The molecule has 0 aliphatic heterocycles. The van der Waals surface area contributed by atoms with Crippen LogP contribution in [0.1, 0.15) is 5.56 Å². The van der Waals surface area contributed by atoms with Gasteiger partial charge in [-0.05, 0) is 35.9 Å². The van der Waals surface area contributed by atoms with E-state index < -0.39 is 0 Å². The zero-order valence-corrected chi connectivity index (χ0v) is 14.7. The molecule has 0 spiro atoms. The molecule has 8 heteroatoms. The van der Waals surface area contributed by atoms with E-state index in [1.807, 2.05) is 12.1 Å². The number of nitrogens with zero attached hydrogens (tertiary/aromatic N) is 1. The van der Waals surface area contributed by atoms with Crippen molar-refractivity contribution >= 4 is 50.8 Å². The molecule has 24 heavy (non-hydrogen) atoms. The smallest absolute Gasteiger partial charge is 0.230 e. The molecule has 0 fully saturated rings. The molecule has 5 nitrogen and oxygen atoms in total. The molecule has 0 aliphatic carbocycles. The quantitative estimate of drug-likeness (QED) is 0.463. The van der Waals surface area contributed by atoms with Crippen LogP contribution in [0.4, 0.5) is 0 Å². The van der Waals surface area contributed by atoms with E-state index in [1.165, 1.54) is 35.2 Å². The molecule has 124 valence electrons. The second kappa shape index (κ2) is 7.29. The van der Waals surface area contributed by atoms with Crippen LogP contribution in [0.5, 0.6) is 11.5 Å². The molecule has 0 bridgehead atoms. The van der Waals surface area contributed by atoms with Gasteiger partial charge in [0.15, 0.2) is 15.8 Å². The predicted octanol–water partition coefficient (Wildman–Crippen LogP) is 3.77. The molecule has 3 rings (SSSR count). The lowest BCUT2D eigenvalue weighted by molar-refractivity contribution is -0.118. The maximum atomic E-state index is 11.9. The highest BCUT2D eigenvalue weighted by Crippen LogP contribution is 2.31. The van der Waals surface area contributed by atoms with Crippen LogP contribution >= 0.6 is 34.7 Å². The number of hydrogen-bond acceptors (Lipinski definition) is 6. The number of carbonyl (C=O) groups is 1. The topological polar surface area (TPSA) is 82.5 Å². The summed E-state index contributed by atoms with van der Waals surface area (Å²) in [4.78, 5) is 16.4. The molecule has 0 aliphatic rings. The Morgan fingerprint density at radius 2 is 2.04 bits per heavy atom. The van der Waals surface area contributed by atoms with Crippen molar-refractivity contribution in [1.29, 1.82) is 0 Å². The Bertz CT molecular complexity index is 898. The highest BCUT2D eigenvalue weighted by atomic mass is 35.5. The Kier molecular flexibility index (Phi) is 5.13. The zero-order valence-electron chi connectivity index (χ0n) is 12.3. The molecule has 3 N–H and O–H groups in total. The van der Waals surface area contributed by atoms with E-state index in [4.69, 9.17) is 11.6 Å².